The number of anilines is 1. The van der Waals surface area contributed by atoms with Crippen LogP contribution in [0.3, 0.4) is 0 Å². The molecule has 0 fully saturated rings. The number of amides is 1. The first-order valence-corrected chi connectivity index (χ1v) is 10.4. The van der Waals surface area contributed by atoms with Crippen molar-refractivity contribution >= 4 is 34.6 Å². The number of hydrogen-bond acceptors (Lipinski definition) is 3. The summed E-state index contributed by atoms with van der Waals surface area (Å²) in [5, 5.41) is 11.3. The quantitative estimate of drug-likeness (QED) is 0.347. The molecular weight excluding hydrogens is 415 g/mol. The molecule has 0 unspecified atom stereocenters. The summed E-state index contributed by atoms with van der Waals surface area (Å²) in [5.74, 6) is -0.807. The molecule has 0 atom stereocenters. The van der Waals surface area contributed by atoms with E-state index in [1.54, 1.807) is 18.3 Å². The van der Waals surface area contributed by atoms with Crippen LogP contribution in [0.4, 0.5) is 10.1 Å². The molecule has 0 aliphatic rings. The Bertz CT molecular complexity index is 1470. The number of aromatic nitrogens is 3. The van der Waals surface area contributed by atoms with Gasteiger partial charge in [0.05, 0.1) is 16.9 Å². The molecule has 5 nitrogen and oxygen atoms in total. The Morgan fingerprint density at radius 3 is 2.61 bits per heavy atom. The van der Waals surface area contributed by atoms with Gasteiger partial charge in [0.2, 0.25) is 0 Å². The van der Waals surface area contributed by atoms with Crippen molar-refractivity contribution in [2.45, 2.75) is 0 Å². The van der Waals surface area contributed by atoms with Crippen LogP contribution in [-0.4, -0.2) is 21.1 Å². The smallest absolute Gasteiger partial charge is 0.255 e. The number of carbonyl (C=O) groups excluding carboxylic acids is 1. The van der Waals surface area contributed by atoms with E-state index in [1.807, 2.05) is 66.7 Å². The lowest BCUT2D eigenvalue weighted by molar-refractivity contribution is 0.102. The van der Waals surface area contributed by atoms with E-state index in [2.05, 4.69) is 20.5 Å². The van der Waals surface area contributed by atoms with E-state index in [4.69, 9.17) is 0 Å². The first-order chi connectivity index (χ1) is 16.2. The molecule has 0 aliphatic heterocycles. The van der Waals surface area contributed by atoms with Gasteiger partial charge in [0.15, 0.2) is 0 Å². The zero-order chi connectivity index (χ0) is 22.6. The summed E-state index contributed by atoms with van der Waals surface area (Å²) in [7, 11) is 0. The van der Waals surface area contributed by atoms with Gasteiger partial charge < -0.3 is 5.32 Å². The summed E-state index contributed by atoms with van der Waals surface area (Å²) in [5.41, 5.74) is 5.42. The lowest BCUT2D eigenvalue weighted by Gasteiger charge is -2.08. The van der Waals surface area contributed by atoms with Gasteiger partial charge in [0, 0.05) is 22.8 Å². The fourth-order valence-corrected chi connectivity index (χ4v) is 3.60. The van der Waals surface area contributed by atoms with Crippen LogP contribution in [0.25, 0.3) is 34.2 Å². The molecule has 5 rings (SSSR count). The molecule has 1 amide bonds. The predicted molar refractivity (Wildman–Crippen MR) is 129 cm³/mol. The minimum atomic E-state index is -0.446. The Kier molecular flexibility index (Phi) is 5.47. The van der Waals surface area contributed by atoms with E-state index >= 15 is 0 Å². The van der Waals surface area contributed by atoms with Gasteiger partial charge in [0.1, 0.15) is 5.82 Å². The number of nitrogens with zero attached hydrogens (tertiary/aromatic N) is 2. The molecule has 2 heterocycles. The van der Waals surface area contributed by atoms with Gasteiger partial charge in [-0.05, 0) is 77.9 Å². The van der Waals surface area contributed by atoms with Crippen LogP contribution in [-0.2, 0) is 0 Å². The third-order valence-electron chi connectivity index (χ3n) is 5.23. The minimum absolute atomic E-state index is 0.269. The predicted octanol–water partition coefficient (Wildman–Crippen LogP) is 6.19. The number of pyridine rings is 1. The van der Waals surface area contributed by atoms with Crippen LogP contribution < -0.4 is 5.32 Å². The summed E-state index contributed by atoms with van der Waals surface area (Å²) >= 11 is 0. The summed E-state index contributed by atoms with van der Waals surface area (Å²) in [6.07, 6.45) is 5.61. The summed E-state index contributed by atoms with van der Waals surface area (Å²) < 4.78 is 13.4. The number of H-pyrrole nitrogens is 1. The number of carbonyl (C=O) groups is 1. The highest BCUT2D eigenvalue weighted by Gasteiger charge is 2.09. The highest BCUT2D eigenvalue weighted by atomic mass is 19.1. The van der Waals surface area contributed by atoms with Gasteiger partial charge in [-0.2, -0.15) is 5.10 Å². The second-order valence-corrected chi connectivity index (χ2v) is 7.50. The first kappa shape index (κ1) is 20.3. The molecule has 160 valence electrons. The minimum Gasteiger partial charge on any atom is -0.322 e. The van der Waals surface area contributed by atoms with E-state index < -0.39 is 5.82 Å². The highest BCUT2D eigenvalue weighted by molar-refractivity contribution is 6.04. The third kappa shape index (κ3) is 4.55. The fourth-order valence-electron chi connectivity index (χ4n) is 3.60. The van der Waals surface area contributed by atoms with Crippen molar-refractivity contribution < 1.29 is 9.18 Å². The zero-order valence-electron chi connectivity index (χ0n) is 17.5. The fraction of sp³-hybridized carbons (Fsp3) is 0. The standard InChI is InChI=1S/C27H19FN4O/c28-21-7-3-6-20(15-21)27(33)30-23-9-4-5-18(16-23)19-10-12-24-25(31-32-26(24)17-19)13-11-22-8-1-2-14-29-22/h1-17H,(H,30,33)(H,31,32)/b13-11+. The normalized spacial score (nSPS) is 11.2. The maximum Gasteiger partial charge on any atom is 0.255 e. The second kappa shape index (κ2) is 8.88. The molecule has 6 heteroatoms. The molecule has 33 heavy (non-hydrogen) atoms. The van der Waals surface area contributed by atoms with Crippen molar-refractivity contribution in [3.05, 3.63) is 114 Å². The molecule has 5 aromatic rings. The number of aromatic amines is 1. The summed E-state index contributed by atoms with van der Waals surface area (Å²) in [4.78, 5) is 16.7. The van der Waals surface area contributed by atoms with Crippen LogP contribution in [0.15, 0.2) is 91.1 Å². The summed E-state index contributed by atoms with van der Waals surface area (Å²) in [6, 6.07) is 25.0. The van der Waals surface area contributed by atoms with Crippen LogP contribution in [0.1, 0.15) is 21.7 Å². The van der Waals surface area contributed by atoms with Crippen molar-refractivity contribution in [2.24, 2.45) is 0 Å². The van der Waals surface area contributed by atoms with Gasteiger partial charge in [-0.25, -0.2) is 4.39 Å². The molecule has 0 saturated carbocycles. The van der Waals surface area contributed by atoms with Crippen molar-refractivity contribution in [2.75, 3.05) is 5.32 Å². The lowest BCUT2D eigenvalue weighted by Crippen LogP contribution is -2.12. The number of hydrogen-bond donors (Lipinski definition) is 2. The molecule has 2 N–H and O–H groups in total. The Labute approximate surface area is 189 Å². The lowest BCUT2D eigenvalue weighted by atomic mass is 10.0. The Hall–Kier alpha value is -4.58. The number of fused-ring (bicyclic) bond motifs is 1. The van der Waals surface area contributed by atoms with E-state index in [9.17, 15) is 9.18 Å². The van der Waals surface area contributed by atoms with Crippen molar-refractivity contribution in [3.8, 4) is 11.1 Å². The Morgan fingerprint density at radius 1 is 0.879 bits per heavy atom. The summed E-state index contributed by atoms with van der Waals surface area (Å²) in [6.45, 7) is 0. The van der Waals surface area contributed by atoms with E-state index in [-0.39, 0.29) is 11.5 Å². The van der Waals surface area contributed by atoms with E-state index in [1.165, 1.54) is 18.2 Å². The molecular formula is C27H19FN4O. The second-order valence-electron chi connectivity index (χ2n) is 7.50. The average Bonchev–Trinajstić information content (AvgIpc) is 3.26. The van der Waals surface area contributed by atoms with Crippen LogP contribution in [0, 0.1) is 5.82 Å². The van der Waals surface area contributed by atoms with Gasteiger partial charge in [-0.15, -0.1) is 0 Å². The topological polar surface area (TPSA) is 70.7 Å². The molecule has 0 spiro atoms. The van der Waals surface area contributed by atoms with E-state index in [0.29, 0.717) is 5.69 Å². The van der Waals surface area contributed by atoms with Crippen molar-refractivity contribution in [1.29, 1.82) is 0 Å². The molecule has 2 aromatic heterocycles. The van der Waals surface area contributed by atoms with Crippen molar-refractivity contribution in [1.82, 2.24) is 15.2 Å². The van der Waals surface area contributed by atoms with Crippen LogP contribution in [0.2, 0.25) is 0 Å². The average molecular weight is 434 g/mol. The SMILES string of the molecule is O=C(Nc1cccc(-c2ccc3c(/C=C/c4ccccn4)n[nH]c3c2)c1)c1cccc(F)c1. The number of nitrogens with one attached hydrogen (secondary N) is 2. The highest BCUT2D eigenvalue weighted by Crippen LogP contribution is 2.27. The van der Waals surface area contributed by atoms with Gasteiger partial charge in [0.25, 0.3) is 5.91 Å². The number of rotatable bonds is 5. The molecule has 3 aromatic carbocycles. The third-order valence-corrected chi connectivity index (χ3v) is 5.23. The maximum absolute atomic E-state index is 13.4. The maximum atomic E-state index is 13.4. The first-order valence-electron chi connectivity index (χ1n) is 10.4. The molecule has 0 bridgehead atoms. The monoisotopic (exact) mass is 434 g/mol. The molecule has 0 radical (unpaired) electrons. The molecule has 0 saturated heterocycles. The van der Waals surface area contributed by atoms with Crippen LogP contribution in [0.5, 0.6) is 0 Å². The zero-order valence-corrected chi connectivity index (χ0v) is 17.5. The molecule has 0 aliphatic carbocycles. The van der Waals surface area contributed by atoms with Crippen LogP contribution >= 0.6 is 0 Å². The largest absolute Gasteiger partial charge is 0.322 e. The van der Waals surface area contributed by atoms with Gasteiger partial charge >= 0.3 is 0 Å². The number of halogens is 1. The van der Waals surface area contributed by atoms with E-state index in [0.717, 1.165) is 33.4 Å². The Balaban J connectivity index is 1.38. The Morgan fingerprint density at radius 2 is 1.76 bits per heavy atom. The van der Waals surface area contributed by atoms with Gasteiger partial charge in [-0.3, -0.25) is 14.9 Å². The van der Waals surface area contributed by atoms with Gasteiger partial charge in [-0.1, -0.05) is 30.3 Å². The van der Waals surface area contributed by atoms with Crippen molar-refractivity contribution in [3.63, 3.8) is 0 Å². The number of benzene rings is 3.